The van der Waals surface area contributed by atoms with E-state index in [-0.39, 0.29) is 24.5 Å². The highest BCUT2D eigenvalue weighted by Gasteiger charge is 2.33. The molecule has 2 heterocycles. The molecule has 3 rings (SSSR count). The number of likely N-dealkylation sites (tertiary alicyclic amines) is 2. The van der Waals surface area contributed by atoms with Gasteiger partial charge in [0, 0.05) is 46.2 Å². The van der Waals surface area contributed by atoms with E-state index in [1.165, 1.54) is 5.56 Å². The van der Waals surface area contributed by atoms with Gasteiger partial charge in [-0.2, -0.15) is 0 Å². The van der Waals surface area contributed by atoms with Gasteiger partial charge >= 0.3 is 6.03 Å². The van der Waals surface area contributed by atoms with E-state index in [2.05, 4.69) is 12.1 Å². The minimum atomic E-state index is 0.0364. The number of aliphatic hydroxyl groups excluding tert-OH is 1. The molecule has 0 radical (unpaired) electrons. The summed E-state index contributed by atoms with van der Waals surface area (Å²) >= 11 is 0. The summed E-state index contributed by atoms with van der Waals surface area (Å²) in [6, 6.07) is 8.13. The van der Waals surface area contributed by atoms with Crippen LogP contribution in [0.1, 0.15) is 30.4 Å². The molecular formula is C21H31N3O3. The molecule has 2 saturated heterocycles. The van der Waals surface area contributed by atoms with E-state index in [0.29, 0.717) is 19.0 Å². The van der Waals surface area contributed by atoms with Crippen LogP contribution in [0.3, 0.4) is 0 Å². The number of urea groups is 1. The summed E-state index contributed by atoms with van der Waals surface area (Å²) in [5, 5.41) is 9.14. The van der Waals surface area contributed by atoms with Crippen LogP contribution < -0.4 is 0 Å². The first-order valence-electron chi connectivity index (χ1n) is 9.91. The van der Waals surface area contributed by atoms with E-state index in [9.17, 15) is 9.59 Å². The van der Waals surface area contributed by atoms with Crippen molar-refractivity contribution in [1.82, 2.24) is 14.7 Å². The molecular weight excluding hydrogens is 342 g/mol. The quantitative estimate of drug-likeness (QED) is 0.878. The molecule has 6 heteroatoms. The van der Waals surface area contributed by atoms with Crippen molar-refractivity contribution in [2.24, 2.45) is 11.8 Å². The van der Waals surface area contributed by atoms with Gasteiger partial charge in [0.1, 0.15) is 0 Å². The highest BCUT2D eigenvalue weighted by atomic mass is 16.3. The summed E-state index contributed by atoms with van der Waals surface area (Å²) in [7, 11) is 3.53. The number of rotatable bonds is 4. The predicted molar refractivity (Wildman–Crippen MR) is 104 cm³/mol. The number of hydrogen-bond donors (Lipinski definition) is 1. The molecule has 0 bridgehead atoms. The Labute approximate surface area is 161 Å². The van der Waals surface area contributed by atoms with Crippen LogP contribution in [0, 0.1) is 11.8 Å². The van der Waals surface area contributed by atoms with Gasteiger partial charge in [-0.3, -0.25) is 4.79 Å². The largest absolute Gasteiger partial charge is 0.392 e. The van der Waals surface area contributed by atoms with Crippen LogP contribution in [0.4, 0.5) is 4.79 Å². The van der Waals surface area contributed by atoms with Crippen molar-refractivity contribution in [2.75, 3.05) is 40.3 Å². The number of carbonyl (C=O) groups is 2. The van der Waals surface area contributed by atoms with Crippen LogP contribution in [0.2, 0.25) is 0 Å². The van der Waals surface area contributed by atoms with Crippen LogP contribution in [-0.2, 0) is 17.8 Å². The van der Waals surface area contributed by atoms with Crippen LogP contribution in [0.5, 0.6) is 0 Å². The number of aliphatic hydroxyl groups is 1. The summed E-state index contributed by atoms with van der Waals surface area (Å²) in [5.41, 5.74) is 2.20. The zero-order valence-electron chi connectivity index (χ0n) is 16.4. The van der Waals surface area contributed by atoms with Crippen molar-refractivity contribution in [2.45, 2.75) is 32.3 Å². The van der Waals surface area contributed by atoms with Gasteiger partial charge in [-0.25, -0.2) is 4.79 Å². The van der Waals surface area contributed by atoms with E-state index in [0.717, 1.165) is 44.3 Å². The molecule has 1 atom stereocenters. The standard InChI is InChI=1S/C21H31N3O3/c1-22(2)21(27)23-11-8-19(9-12-23)20(26)24-10-7-18(14-24)13-16-3-5-17(15-25)6-4-16/h3-6,18-19,25H,7-15H2,1-2H3. The van der Waals surface area contributed by atoms with Gasteiger partial charge < -0.3 is 19.8 Å². The zero-order chi connectivity index (χ0) is 19.4. The van der Waals surface area contributed by atoms with Gasteiger partial charge in [-0.1, -0.05) is 24.3 Å². The van der Waals surface area contributed by atoms with E-state index in [1.54, 1.807) is 19.0 Å². The lowest BCUT2D eigenvalue weighted by molar-refractivity contribution is -0.135. The van der Waals surface area contributed by atoms with Crippen LogP contribution in [0.15, 0.2) is 24.3 Å². The van der Waals surface area contributed by atoms with Crippen molar-refractivity contribution >= 4 is 11.9 Å². The normalized spacial score (nSPS) is 20.8. The SMILES string of the molecule is CN(C)C(=O)N1CCC(C(=O)N2CCC(Cc3ccc(CO)cc3)C2)CC1. The second-order valence-corrected chi connectivity index (χ2v) is 8.06. The van der Waals surface area contributed by atoms with Crippen LogP contribution in [-0.4, -0.2) is 72.0 Å². The first-order valence-corrected chi connectivity index (χ1v) is 9.91. The molecule has 2 aliphatic rings. The van der Waals surface area contributed by atoms with Crippen LogP contribution in [0.25, 0.3) is 0 Å². The lowest BCUT2D eigenvalue weighted by Gasteiger charge is -2.34. The summed E-state index contributed by atoms with van der Waals surface area (Å²) in [4.78, 5) is 30.4. The van der Waals surface area contributed by atoms with Crippen molar-refractivity contribution < 1.29 is 14.7 Å². The Bertz CT molecular complexity index is 651. The topological polar surface area (TPSA) is 64.1 Å². The van der Waals surface area contributed by atoms with E-state index >= 15 is 0 Å². The Morgan fingerprint density at radius 3 is 2.19 bits per heavy atom. The molecule has 2 aliphatic heterocycles. The van der Waals surface area contributed by atoms with Gasteiger partial charge in [0.25, 0.3) is 0 Å². The molecule has 2 fully saturated rings. The number of benzene rings is 1. The summed E-state index contributed by atoms with van der Waals surface area (Å²) in [6.45, 7) is 3.08. The predicted octanol–water partition coefficient (Wildman–Crippen LogP) is 1.96. The lowest BCUT2D eigenvalue weighted by Crippen LogP contribution is -2.47. The van der Waals surface area contributed by atoms with Gasteiger partial charge in [0.2, 0.25) is 5.91 Å². The third-order valence-electron chi connectivity index (χ3n) is 5.82. The zero-order valence-corrected chi connectivity index (χ0v) is 16.4. The van der Waals surface area contributed by atoms with Crippen molar-refractivity contribution in [3.05, 3.63) is 35.4 Å². The maximum atomic E-state index is 12.9. The van der Waals surface area contributed by atoms with Gasteiger partial charge in [0.15, 0.2) is 0 Å². The molecule has 1 aromatic rings. The third-order valence-corrected chi connectivity index (χ3v) is 5.82. The Balaban J connectivity index is 1.47. The molecule has 27 heavy (non-hydrogen) atoms. The average Bonchev–Trinajstić information content (AvgIpc) is 3.16. The molecule has 1 aromatic carbocycles. The monoisotopic (exact) mass is 373 g/mol. The molecule has 0 spiro atoms. The van der Waals surface area contributed by atoms with Gasteiger partial charge in [0.05, 0.1) is 6.61 Å². The number of piperidine rings is 1. The maximum absolute atomic E-state index is 12.9. The smallest absolute Gasteiger partial charge is 0.319 e. The molecule has 3 amide bonds. The first kappa shape index (κ1) is 19.7. The molecule has 0 aromatic heterocycles. The Hall–Kier alpha value is -2.08. The first-order chi connectivity index (χ1) is 13.0. The average molecular weight is 373 g/mol. The number of nitrogens with zero attached hydrogens (tertiary/aromatic N) is 3. The van der Waals surface area contributed by atoms with Crippen molar-refractivity contribution in [3.63, 3.8) is 0 Å². The highest BCUT2D eigenvalue weighted by molar-refractivity contribution is 5.80. The Morgan fingerprint density at radius 1 is 1.00 bits per heavy atom. The third kappa shape index (κ3) is 4.80. The maximum Gasteiger partial charge on any atom is 0.319 e. The van der Waals surface area contributed by atoms with E-state index < -0.39 is 0 Å². The lowest BCUT2D eigenvalue weighted by atomic mass is 9.95. The van der Waals surface area contributed by atoms with Gasteiger partial charge in [-0.15, -0.1) is 0 Å². The fraction of sp³-hybridized carbons (Fsp3) is 0.619. The second kappa shape index (κ2) is 8.74. The second-order valence-electron chi connectivity index (χ2n) is 8.06. The number of carbonyl (C=O) groups excluding carboxylic acids is 2. The fourth-order valence-corrected chi connectivity index (χ4v) is 4.17. The molecule has 0 saturated carbocycles. The van der Waals surface area contributed by atoms with Crippen molar-refractivity contribution in [3.8, 4) is 0 Å². The minimum Gasteiger partial charge on any atom is -0.392 e. The van der Waals surface area contributed by atoms with E-state index in [4.69, 9.17) is 5.11 Å². The molecule has 1 N–H and O–H groups in total. The molecule has 148 valence electrons. The molecule has 1 unspecified atom stereocenters. The summed E-state index contributed by atoms with van der Waals surface area (Å²) in [5.74, 6) is 0.827. The summed E-state index contributed by atoms with van der Waals surface area (Å²) in [6.07, 6.45) is 3.56. The highest BCUT2D eigenvalue weighted by Crippen LogP contribution is 2.26. The molecule has 0 aliphatic carbocycles. The number of amides is 3. The van der Waals surface area contributed by atoms with Gasteiger partial charge in [-0.05, 0) is 42.7 Å². The van der Waals surface area contributed by atoms with Crippen LogP contribution >= 0.6 is 0 Å². The Morgan fingerprint density at radius 2 is 1.59 bits per heavy atom. The summed E-state index contributed by atoms with van der Waals surface area (Å²) < 4.78 is 0. The fourth-order valence-electron chi connectivity index (χ4n) is 4.17. The Kier molecular flexibility index (Phi) is 6.37. The van der Waals surface area contributed by atoms with Crippen molar-refractivity contribution in [1.29, 1.82) is 0 Å². The number of hydrogen-bond acceptors (Lipinski definition) is 3. The molecule has 6 nitrogen and oxygen atoms in total. The minimum absolute atomic E-state index is 0.0364. The van der Waals surface area contributed by atoms with E-state index in [1.807, 2.05) is 21.9 Å².